The minimum absolute atomic E-state index is 0.0489. The molecule has 0 bridgehead atoms. The Balaban J connectivity index is 2.03. The monoisotopic (exact) mass is 261 g/mol. The summed E-state index contributed by atoms with van der Waals surface area (Å²) >= 11 is 0. The van der Waals surface area contributed by atoms with E-state index in [0.717, 1.165) is 22.0 Å². The van der Waals surface area contributed by atoms with Crippen molar-refractivity contribution in [3.8, 4) is 0 Å². The van der Waals surface area contributed by atoms with Gasteiger partial charge in [-0.2, -0.15) is 0 Å². The molecule has 0 heterocycles. The van der Waals surface area contributed by atoms with Crippen molar-refractivity contribution in [2.24, 2.45) is 0 Å². The molecule has 20 heavy (non-hydrogen) atoms. The molecule has 2 nitrogen and oxygen atoms in total. The van der Waals surface area contributed by atoms with Crippen molar-refractivity contribution in [2.45, 2.75) is 0 Å². The topological polar surface area (TPSA) is 29.1 Å². The average Bonchev–Trinajstić information content (AvgIpc) is 2.53. The van der Waals surface area contributed by atoms with Crippen LogP contribution < -0.4 is 5.32 Å². The zero-order valence-electron chi connectivity index (χ0n) is 11.3. The van der Waals surface area contributed by atoms with Gasteiger partial charge >= 0.3 is 0 Å². The van der Waals surface area contributed by atoms with Gasteiger partial charge in [-0.15, -0.1) is 0 Å². The number of carbonyl (C=O) groups is 1. The van der Waals surface area contributed by atoms with Crippen molar-refractivity contribution >= 4 is 22.2 Å². The summed E-state index contributed by atoms with van der Waals surface area (Å²) in [5, 5.41) is 5.28. The Kier molecular flexibility index (Phi) is 3.21. The minimum atomic E-state index is 0.0489. The van der Waals surface area contributed by atoms with E-state index >= 15 is 0 Å². The molecule has 1 N–H and O–H groups in total. The van der Waals surface area contributed by atoms with Gasteiger partial charge < -0.3 is 5.32 Å². The van der Waals surface area contributed by atoms with E-state index in [2.05, 4.69) is 5.32 Å². The van der Waals surface area contributed by atoms with E-state index in [4.69, 9.17) is 0 Å². The highest BCUT2D eigenvalue weighted by molar-refractivity contribution is 6.11. The Morgan fingerprint density at radius 1 is 0.800 bits per heavy atom. The number of carbonyl (C=O) groups excluding carboxylic acids is 1. The third-order valence-corrected chi connectivity index (χ3v) is 3.43. The average molecular weight is 261 g/mol. The largest absolute Gasteiger partial charge is 0.388 e. The fraction of sp³-hybridized carbons (Fsp3) is 0.0556. The van der Waals surface area contributed by atoms with Crippen LogP contribution in [-0.2, 0) is 0 Å². The summed E-state index contributed by atoms with van der Waals surface area (Å²) in [7, 11) is 1.85. The lowest BCUT2D eigenvalue weighted by Crippen LogP contribution is -2.02. The molecule has 0 saturated heterocycles. The second-order valence-electron chi connectivity index (χ2n) is 4.72. The van der Waals surface area contributed by atoms with Crippen LogP contribution in [0.1, 0.15) is 15.9 Å². The molecule has 2 heteroatoms. The van der Waals surface area contributed by atoms with Crippen molar-refractivity contribution in [1.82, 2.24) is 0 Å². The van der Waals surface area contributed by atoms with Crippen LogP contribution in [0.4, 0.5) is 5.69 Å². The zero-order chi connectivity index (χ0) is 13.9. The van der Waals surface area contributed by atoms with E-state index in [0.29, 0.717) is 5.56 Å². The maximum atomic E-state index is 12.5. The standard InChI is InChI=1S/C18H15NO/c1-19-17-8-4-7-15(12-17)18(20)16-10-9-13-5-2-3-6-14(13)11-16/h2-12,19H,1H3. The van der Waals surface area contributed by atoms with E-state index in [1.807, 2.05) is 73.8 Å². The maximum absolute atomic E-state index is 12.5. The van der Waals surface area contributed by atoms with Crippen LogP contribution in [0.2, 0.25) is 0 Å². The number of nitrogens with one attached hydrogen (secondary N) is 1. The molecule has 0 fully saturated rings. The van der Waals surface area contributed by atoms with Crippen LogP contribution in [0.15, 0.2) is 66.7 Å². The number of fused-ring (bicyclic) bond motifs is 1. The van der Waals surface area contributed by atoms with Crippen molar-refractivity contribution in [3.63, 3.8) is 0 Å². The number of hydrogen-bond acceptors (Lipinski definition) is 2. The Labute approximate surface area is 118 Å². The molecule has 0 radical (unpaired) electrons. The summed E-state index contributed by atoms with van der Waals surface area (Å²) in [6.45, 7) is 0. The molecule has 3 aromatic rings. The Morgan fingerprint density at radius 3 is 2.35 bits per heavy atom. The van der Waals surface area contributed by atoms with Crippen LogP contribution in [0.5, 0.6) is 0 Å². The third-order valence-electron chi connectivity index (χ3n) is 3.43. The van der Waals surface area contributed by atoms with Crippen LogP contribution in [0.25, 0.3) is 10.8 Å². The van der Waals surface area contributed by atoms with Gasteiger partial charge in [-0.25, -0.2) is 0 Å². The van der Waals surface area contributed by atoms with E-state index in [9.17, 15) is 4.79 Å². The van der Waals surface area contributed by atoms with Gasteiger partial charge in [-0.1, -0.05) is 48.5 Å². The smallest absolute Gasteiger partial charge is 0.193 e. The highest BCUT2D eigenvalue weighted by Gasteiger charge is 2.09. The molecule has 0 amide bonds. The third kappa shape index (κ3) is 2.28. The molecule has 0 unspecified atom stereocenters. The van der Waals surface area contributed by atoms with Crippen LogP contribution in [0, 0.1) is 0 Å². The Bertz CT molecular complexity index is 777. The molecule has 0 aliphatic heterocycles. The number of benzene rings is 3. The summed E-state index contributed by atoms with van der Waals surface area (Å²) < 4.78 is 0. The number of hydrogen-bond donors (Lipinski definition) is 1. The molecule has 98 valence electrons. The second-order valence-corrected chi connectivity index (χ2v) is 4.72. The SMILES string of the molecule is CNc1cccc(C(=O)c2ccc3ccccc3c2)c1. The van der Waals surface area contributed by atoms with Crippen molar-refractivity contribution in [2.75, 3.05) is 12.4 Å². The van der Waals surface area contributed by atoms with E-state index < -0.39 is 0 Å². The van der Waals surface area contributed by atoms with E-state index in [1.165, 1.54) is 0 Å². The van der Waals surface area contributed by atoms with Gasteiger partial charge in [0.25, 0.3) is 0 Å². The second kappa shape index (κ2) is 5.17. The van der Waals surface area contributed by atoms with Crippen LogP contribution >= 0.6 is 0 Å². The lowest BCUT2D eigenvalue weighted by Gasteiger charge is -2.05. The first-order valence-corrected chi connectivity index (χ1v) is 6.59. The molecule has 0 saturated carbocycles. The lowest BCUT2D eigenvalue weighted by molar-refractivity contribution is 0.103. The van der Waals surface area contributed by atoms with Gasteiger partial charge in [-0.05, 0) is 29.0 Å². The van der Waals surface area contributed by atoms with Gasteiger partial charge in [0, 0.05) is 23.9 Å². The molecular weight excluding hydrogens is 246 g/mol. The molecule has 0 aliphatic carbocycles. The summed E-state index contributed by atoms with van der Waals surface area (Å²) in [5.41, 5.74) is 2.36. The Hall–Kier alpha value is -2.61. The summed E-state index contributed by atoms with van der Waals surface area (Å²) in [6.07, 6.45) is 0. The Morgan fingerprint density at radius 2 is 1.55 bits per heavy atom. The summed E-state index contributed by atoms with van der Waals surface area (Å²) in [5.74, 6) is 0.0489. The van der Waals surface area contributed by atoms with E-state index in [1.54, 1.807) is 0 Å². The van der Waals surface area contributed by atoms with Gasteiger partial charge in [0.1, 0.15) is 0 Å². The normalized spacial score (nSPS) is 10.4. The first-order valence-electron chi connectivity index (χ1n) is 6.59. The van der Waals surface area contributed by atoms with Crippen LogP contribution in [0.3, 0.4) is 0 Å². The van der Waals surface area contributed by atoms with E-state index in [-0.39, 0.29) is 5.78 Å². The number of ketones is 1. The molecule has 0 aromatic heterocycles. The van der Waals surface area contributed by atoms with Crippen molar-refractivity contribution in [1.29, 1.82) is 0 Å². The number of rotatable bonds is 3. The van der Waals surface area contributed by atoms with Crippen molar-refractivity contribution < 1.29 is 4.79 Å². The molecular formula is C18H15NO. The van der Waals surface area contributed by atoms with Gasteiger partial charge in [0.2, 0.25) is 0 Å². The molecule has 0 spiro atoms. The number of anilines is 1. The molecule has 3 aromatic carbocycles. The molecule has 0 atom stereocenters. The van der Waals surface area contributed by atoms with Crippen LogP contribution in [-0.4, -0.2) is 12.8 Å². The molecule has 0 aliphatic rings. The molecule has 3 rings (SSSR count). The summed E-state index contributed by atoms with van der Waals surface area (Å²) in [6, 6.07) is 21.4. The highest BCUT2D eigenvalue weighted by atomic mass is 16.1. The minimum Gasteiger partial charge on any atom is -0.388 e. The predicted molar refractivity (Wildman–Crippen MR) is 83.4 cm³/mol. The van der Waals surface area contributed by atoms with Crippen molar-refractivity contribution in [3.05, 3.63) is 77.9 Å². The highest BCUT2D eigenvalue weighted by Crippen LogP contribution is 2.19. The fourth-order valence-electron chi connectivity index (χ4n) is 2.31. The lowest BCUT2D eigenvalue weighted by atomic mass is 10.00. The maximum Gasteiger partial charge on any atom is 0.193 e. The first kappa shape index (κ1) is 12.4. The van der Waals surface area contributed by atoms with Gasteiger partial charge in [0.15, 0.2) is 5.78 Å². The van der Waals surface area contributed by atoms with Gasteiger partial charge in [0.05, 0.1) is 0 Å². The summed E-state index contributed by atoms with van der Waals surface area (Å²) in [4.78, 5) is 12.5. The first-order chi connectivity index (χ1) is 9.78. The predicted octanol–water partition coefficient (Wildman–Crippen LogP) is 4.11. The quantitative estimate of drug-likeness (QED) is 0.719. The zero-order valence-corrected chi connectivity index (χ0v) is 11.3. The van der Waals surface area contributed by atoms with Gasteiger partial charge in [-0.3, -0.25) is 4.79 Å². The fourth-order valence-corrected chi connectivity index (χ4v) is 2.31.